The van der Waals surface area contributed by atoms with Gasteiger partial charge in [0, 0.05) is 50.8 Å². The van der Waals surface area contributed by atoms with Gasteiger partial charge in [-0.05, 0) is 49.9 Å². The van der Waals surface area contributed by atoms with E-state index in [9.17, 15) is 18.8 Å². The molecule has 2 unspecified atom stereocenters. The van der Waals surface area contributed by atoms with Crippen LogP contribution in [0.4, 0.5) is 10.1 Å². The lowest BCUT2D eigenvalue weighted by Crippen LogP contribution is -2.43. The third kappa shape index (κ3) is 4.38. The topological polar surface area (TPSA) is 89.7 Å². The summed E-state index contributed by atoms with van der Waals surface area (Å²) < 4.78 is 21.7. The standard InChI is InChI=1S/C24H30FN5O4/c1-34-12-11-29-24(33)30(20-8-9-20)22(26-29)16-3-2-10-27(14-16)23(32)17-13-21(31)28(15-17)19-6-4-18(25)5-7-19/h4-7,16-17,20H,2-3,8-15H2,1H3. The van der Waals surface area contributed by atoms with Gasteiger partial charge in [0.25, 0.3) is 0 Å². The number of piperidine rings is 1. The van der Waals surface area contributed by atoms with Crippen molar-refractivity contribution in [1.82, 2.24) is 19.2 Å². The maximum absolute atomic E-state index is 13.4. The van der Waals surface area contributed by atoms with Crippen LogP contribution in [-0.2, 0) is 20.9 Å². The highest BCUT2D eigenvalue weighted by Gasteiger charge is 2.40. The highest BCUT2D eigenvalue weighted by Crippen LogP contribution is 2.37. The van der Waals surface area contributed by atoms with E-state index in [1.54, 1.807) is 24.1 Å². The Balaban J connectivity index is 1.30. The molecule has 0 radical (unpaired) electrons. The van der Waals surface area contributed by atoms with Crippen molar-refractivity contribution in [2.75, 3.05) is 38.3 Å². The first-order valence-corrected chi connectivity index (χ1v) is 12.0. The number of methoxy groups -OCH3 is 1. The molecule has 3 fully saturated rings. The quantitative estimate of drug-likeness (QED) is 0.616. The number of hydrogen-bond acceptors (Lipinski definition) is 5. The number of rotatable bonds is 7. The number of ether oxygens (including phenoxy) is 1. The van der Waals surface area contributed by atoms with Crippen molar-refractivity contribution >= 4 is 17.5 Å². The van der Waals surface area contributed by atoms with Gasteiger partial charge in [-0.25, -0.2) is 13.9 Å². The second-order valence-corrected chi connectivity index (χ2v) is 9.46. The second kappa shape index (κ2) is 9.32. The van der Waals surface area contributed by atoms with Crippen molar-refractivity contribution in [1.29, 1.82) is 0 Å². The minimum Gasteiger partial charge on any atom is -0.383 e. The normalized spacial score (nSPS) is 23.1. The molecule has 10 heteroatoms. The number of nitrogens with zero attached hydrogens (tertiary/aromatic N) is 5. The van der Waals surface area contributed by atoms with E-state index in [1.807, 2.05) is 9.47 Å². The molecule has 1 saturated carbocycles. The molecular weight excluding hydrogens is 441 g/mol. The van der Waals surface area contributed by atoms with Gasteiger partial charge in [-0.2, -0.15) is 5.10 Å². The summed E-state index contributed by atoms with van der Waals surface area (Å²) in [5.74, 6) is -0.214. The number of aromatic nitrogens is 3. The van der Waals surface area contributed by atoms with Gasteiger partial charge in [-0.3, -0.25) is 14.2 Å². The molecule has 1 aromatic heterocycles. The van der Waals surface area contributed by atoms with Gasteiger partial charge in [-0.15, -0.1) is 0 Å². The molecule has 2 atom stereocenters. The van der Waals surface area contributed by atoms with E-state index < -0.39 is 5.92 Å². The molecule has 0 N–H and O–H groups in total. The van der Waals surface area contributed by atoms with Crippen LogP contribution in [0.15, 0.2) is 29.1 Å². The van der Waals surface area contributed by atoms with Gasteiger partial charge >= 0.3 is 5.69 Å². The third-order valence-electron chi connectivity index (χ3n) is 7.03. The van der Waals surface area contributed by atoms with Crippen LogP contribution in [0.25, 0.3) is 0 Å². The van der Waals surface area contributed by atoms with Crippen LogP contribution in [0.3, 0.4) is 0 Å². The number of carbonyl (C=O) groups excluding carboxylic acids is 2. The highest BCUT2D eigenvalue weighted by molar-refractivity contribution is 6.00. The van der Waals surface area contributed by atoms with E-state index in [1.165, 1.54) is 16.8 Å². The summed E-state index contributed by atoms with van der Waals surface area (Å²) in [6.07, 6.45) is 3.78. The van der Waals surface area contributed by atoms with E-state index in [0.29, 0.717) is 38.5 Å². The van der Waals surface area contributed by atoms with E-state index in [0.717, 1.165) is 31.5 Å². The number of likely N-dealkylation sites (tertiary alicyclic amines) is 1. The summed E-state index contributed by atoms with van der Waals surface area (Å²) in [5, 5.41) is 4.65. The number of amides is 2. The van der Waals surface area contributed by atoms with Crippen molar-refractivity contribution < 1.29 is 18.7 Å². The Morgan fingerprint density at radius 1 is 1.15 bits per heavy atom. The zero-order chi connectivity index (χ0) is 23.8. The molecule has 1 aromatic carbocycles. The Morgan fingerprint density at radius 2 is 1.91 bits per heavy atom. The minimum absolute atomic E-state index is 0.0138. The number of anilines is 1. The average molecular weight is 472 g/mol. The molecule has 2 amide bonds. The van der Waals surface area contributed by atoms with Gasteiger partial charge < -0.3 is 14.5 Å². The monoisotopic (exact) mass is 471 g/mol. The minimum atomic E-state index is -0.429. The fourth-order valence-electron chi connectivity index (χ4n) is 5.10. The molecule has 9 nitrogen and oxygen atoms in total. The molecule has 5 rings (SSSR count). The lowest BCUT2D eigenvalue weighted by Gasteiger charge is -2.34. The molecule has 3 aliphatic rings. The Hall–Kier alpha value is -3.01. The largest absolute Gasteiger partial charge is 0.383 e. The van der Waals surface area contributed by atoms with Crippen LogP contribution in [0.5, 0.6) is 0 Å². The molecule has 182 valence electrons. The van der Waals surface area contributed by atoms with Crippen LogP contribution in [0.2, 0.25) is 0 Å². The predicted molar refractivity (Wildman–Crippen MR) is 122 cm³/mol. The zero-order valence-corrected chi connectivity index (χ0v) is 19.4. The van der Waals surface area contributed by atoms with Crippen molar-refractivity contribution in [3.63, 3.8) is 0 Å². The lowest BCUT2D eigenvalue weighted by molar-refractivity contribution is -0.137. The van der Waals surface area contributed by atoms with E-state index in [-0.39, 0.29) is 41.7 Å². The third-order valence-corrected chi connectivity index (χ3v) is 7.03. The van der Waals surface area contributed by atoms with E-state index >= 15 is 0 Å². The Kier molecular flexibility index (Phi) is 6.24. The van der Waals surface area contributed by atoms with Crippen LogP contribution >= 0.6 is 0 Å². The molecule has 3 heterocycles. The molecule has 0 bridgehead atoms. The summed E-state index contributed by atoms with van der Waals surface area (Å²) in [4.78, 5) is 42.3. The Morgan fingerprint density at radius 3 is 2.62 bits per heavy atom. The van der Waals surface area contributed by atoms with E-state index in [2.05, 4.69) is 5.10 Å². The first-order chi connectivity index (χ1) is 16.5. The van der Waals surface area contributed by atoms with Crippen molar-refractivity contribution in [3.8, 4) is 0 Å². The van der Waals surface area contributed by atoms with Crippen molar-refractivity contribution in [3.05, 3.63) is 46.4 Å². The molecule has 2 aromatic rings. The lowest BCUT2D eigenvalue weighted by atomic mass is 9.95. The fraction of sp³-hybridized carbons (Fsp3) is 0.583. The van der Waals surface area contributed by atoms with Crippen molar-refractivity contribution in [2.24, 2.45) is 5.92 Å². The van der Waals surface area contributed by atoms with Crippen molar-refractivity contribution in [2.45, 2.75) is 50.6 Å². The SMILES string of the molecule is COCCn1nc(C2CCCN(C(=O)C3CC(=O)N(c4ccc(F)cc4)C3)C2)n(C2CC2)c1=O. The molecule has 1 aliphatic carbocycles. The first kappa shape index (κ1) is 22.8. The Bertz CT molecular complexity index is 1120. The predicted octanol–water partition coefficient (Wildman–Crippen LogP) is 1.92. The number of hydrogen-bond donors (Lipinski definition) is 0. The summed E-state index contributed by atoms with van der Waals surface area (Å²) in [6, 6.07) is 5.96. The molecule has 2 saturated heterocycles. The molecule has 2 aliphatic heterocycles. The molecule has 34 heavy (non-hydrogen) atoms. The van der Waals surface area contributed by atoms with Gasteiger partial charge in [-0.1, -0.05) is 0 Å². The number of carbonyl (C=O) groups is 2. The van der Waals surface area contributed by atoms with Crippen LogP contribution < -0.4 is 10.6 Å². The zero-order valence-electron chi connectivity index (χ0n) is 19.4. The van der Waals surface area contributed by atoms with Crippen LogP contribution in [-0.4, -0.2) is 64.4 Å². The second-order valence-electron chi connectivity index (χ2n) is 9.46. The summed E-state index contributed by atoms with van der Waals surface area (Å²) >= 11 is 0. The molecular formula is C24H30FN5O4. The summed E-state index contributed by atoms with van der Waals surface area (Å²) in [6.45, 7) is 2.24. The smallest absolute Gasteiger partial charge is 0.346 e. The highest BCUT2D eigenvalue weighted by atomic mass is 19.1. The van der Waals surface area contributed by atoms with Gasteiger partial charge in [0.15, 0.2) is 0 Å². The van der Waals surface area contributed by atoms with Crippen LogP contribution in [0, 0.1) is 11.7 Å². The summed E-state index contributed by atoms with van der Waals surface area (Å²) in [5.41, 5.74) is 0.502. The first-order valence-electron chi connectivity index (χ1n) is 12.0. The maximum Gasteiger partial charge on any atom is 0.346 e. The van der Waals surface area contributed by atoms with Gasteiger partial charge in [0.2, 0.25) is 11.8 Å². The number of benzene rings is 1. The average Bonchev–Trinajstić information content (AvgIpc) is 3.53. The van der Waals surface area contributed by atoms with Gasteiger partial charge in [0.05, 0.1) is 19.1 Å². The number of halogens is 1. The van der Waals surface area contributed by atoms with E-state index in [4.69, 9.17) is 4.74 Å². The fourth-order valence-corrected chi connectivity index (χ4v) is 5.10. The van der Waals surface area contributed by atoms with Gasteiger partial charge in [0.1, 0.15) is 11.6 Å². The molecule has 0 spiro atoms. The van der Waals surface area contributed by atoms with Crippen LogP contribution in [0.1, 0.15) is 49.9 Å². The maximum atomic E-state index is 13.4. The summed E-state index contributed by atoms with van der Waals surface area (Å²) in [7, 11) is 1.60. The Labute approximate surface area is 197 Å².